The number of non-ortho nitro benzene ring substituents is 1. The van der Waals surface area contributed by atoms with Gasteiger partial charge in [-0.1, -0.05) is 12.1 Å². The number of esters is 1. The van der Waals surface area contributed by atoms with E-state index in [2.05, 4.69) is 4.74 Å². The second kappa shape index (κ2) is 7.35. The summed E-state index contributed by atoms with van der Waals surface area (Å²) < 4.78 is 41.0. The van der Waals surface area contributed by atoms with E-state index in [4.69, 9.17) is 5.26 Å². The van der Waals surface area contributed by atoms with Crippen LogP contribution in [-0.2, 0) is 20.7 Å². The van der Waals surface area contributed by atoms with Crippen molar-refractivity contribution >= 4 is 17.4 Å². The van der Waals surface area contributed by atoms with Crippen LogP contribution in [0, 0.1) is 27.4 Å². The summed E-state index contributed by atoms with van der Waals surface area (Å²) in [6.07, 6.45) is -5.25. The third-order valence-electron chi connectivity index (χ3n) is 2.69. The molecule has 0 aliphatic carbocycles. The second-order valence-electron chi connectivity index (χ2n) is 4.27. The first-order chi connectivity index (χ1) is 10.7. The lowest BCUT2D eigenvalue weighted by molar-refractivity contribution is -0.384. The Labute approximate surface area is 127 Å². The number of ether oxygens (including phenoxy) is 1. The van der Waals surface area contributed by atoms with E-state index >= 15 is 0 Å². The Bertz CT molecular complexity index is 649. The lowest BCUT2D eigenvalue weighted by Crippen LogP contribution is -2.35. The van der Waals surface area contributed by atoms with Crippen molar-refractivity contribution in [2.45, 2.75) is 12.6 Å². The van der Waals surface area contributed by atoms with Gasteiger partial charge in [0.1, 0.15) is 0 Å². The third kappa shape index (κ3) is 5.06. The van der Waals surface area contributed by atoms with Crippen LogP contribution in [-0.4, -0.2) is 29.5 Å². The van der Waals surface area contributed by atoms with Crippen LogP contribution >= 0.6 is 0 Å². The van der Waals surface area contributed by atoms with Gasteiger partial charge in [-0.2, -0.15) is 18.4 Å². The molecule has 0 saturated carbocycles. The van der Waals surface area contributed by atoms with Gasteiger partial charge in [0.25, 0.3) is 11.5 Å². The Hall–Kier alpha value is -2.96. The molecular weight excluding hydrogens is 321 g/mol. The second-order valence-corrected chi connectivity index (χ2v) is 4.27. The molecule has 0 N–H and O–H groups in total. The molecule has 0 bridgehead atoms. The number of alkyl halides is 3. The molecule has 23 heavy (non-hydrogen) atoms. The van der Waals surface area contributed by atoms with E-state index < -0.39 is 28.8 Å². The summed E-state index contributed by atoms with van der Waals surface area (Å²) in [4.78, 5) is 32.0. The number of hydrogen-bond acceptors (Lipinski definition) is 6. The highest BCUT2D eigenvalue weighted by Crippen LogP contribution is 2.21. The number of nitro groups is 1. The lowest BCUT2D eigenvalue weighted by Gasteiger charge is -2.10. The Balaban J connectivity index is 2.57. The molecule has 0 aliphatic heterocycles. The molecule has 0 aliphatic rings. The number of nitrogens with zero attached hydrogens (tertiary/aromatic N) is 2. The fraction of sp³-hybridized carbons (Fsp3) is 0.308. The largest absolute Gasteiger partial charge is 0.464 e. The number of carbonyl (C=O) groups is 2. The predicted molar refractivity (Wildman–Crippen MR) is 67.9 cm³/mol. The molecule has 0 spiro atoms. The summed E-state index contributed by atoms with van der Waals surface area (Å²) >= 11 is 0. The number of Topliss-reactive ketones (excluding diaryl/α,β-unsaturated/α-hetero) is 1. The van der Waals surface area contributed by atoms with Crippen LogP contribution in [0.4, 0.5) is 18.9 Å². The van der Waals surface area contributed by atoms with Crippen LogP contribution in [0.2, 0.25) is 0 Å². The number of ketones is 1. The van der Waals surface area contributed by atoms with E-state index in [1.165, 1.54) is 24.3 Å². The Morgan fingerprint density at radius 3 is 2.30 bits per heavy atom. The average molecular weight is 330 g/mol. The van der Waals surface area contributed by atoms with Gasteiger partial charge in [0.15, 0.2) is 0 Å². The van der Waals surface area contributed by atoms with E-state index in [1.807, 2.05) is 0 Å². The third-order valence-corrected chi connectivity index (χ3v) is 2.69. The minimum atomic E-state index is -5.31. The highest BCUT2D eigenvalue weighted by Gasteiger charge is 2.47. The maximum atomic E-state index is 12.2. The topological polar surface area (TPSA) is 110 Å². The van der Waals surface area contributed by atoms with Gasteiger partial charge in [0.05, 0.1) is 17.6 Å². The smallest absolute Gasteiger partial charge is 0.452 e. The zero-order valence-electron chi connectivity index (χ0n) is 11.4. The van der Waals surface area contributed by atoms with E-state index in [1.54, 1.807) is 0 Å². The van der Waals surface area contributed by atoms with E-state index in [0.717, 1.165) is 6.07 Å². The summed E-state index contributed by atoms with van der Waals surface area (Å²) in [5.41, 5.74) is 0.380. The average Bonchev–Trinajstić information content (AvgIpc) is 2.47. The lowest BCUT2D eigenvalue weighted by atomic mass is 10.1. The van der Waals surface area contributed by atoms with Crippen molar-refractivity contribution < 1.29 is 32.4 Å². The first kappa shape index (κ1) is 18.1. The highest BCUT2D eigenvalue weighted by atomic mass is 19.4. The normalized spacial score (nSPS) is 12.1. The maximum absolute atomic E-state index is 12.2. The summed E-state index contributed by atoms with van der Waals surface area (Å²) in [6.45, 7) is -0.375. The van der Waals surface area contributed by atoms with Gasteiger partial charge in [0, 0.05) is 18.6 Å². The molecule has 7 nitrogen and oxygen atoms in total. The molecule has 1 aromatic carbocycles. The van der Waals surface area contributed by atoms with Crippen LogP contribution in [0.3, 0.4) is 0 Å². The monoisotopic (exact) mass is 330 g/mol. The fourth-order valence-corrected chi connectivity index (χ4v) is 1.52. The molecule has 0 radical (unpaired) electrons. The maximum Gasteiger partial charge on any atom is 0.452 e. The van der Waals surface area contributed by atoms with Crippen LogP contribution in [0.5, 0.6) is 0 Å². The van der Waals surface area contributed by atoms with Crippen LogP contribution in [0.1, 0.15) is 5.56 Å². The molecule has 1 atom stereocenters. The minimum absolute atomic E-state index is 0.0576. The van der Waals surface area contributed by atoms with Crippen LogP contribution < -0.4 is 0 Å². The van der Waals surface area contributed by atoms with Gasteiger partial charge in [-0.05, 0) is 5.56 Å². The van der Waals surface area contributed by atoms with Gasteiger partial charge in [-0.3, -0.25) is 19.7 Å². The number of hydrogen-bond donors (Lipinski definition) is 0. The Morgan fingerprint density at radius 2 is 1.87 bits per heavy atom. The van der Waals surface area contributed by atoms with Crippen molar-refractivity contribution in [3.8, 4) is 6.07 Å². The summed E-state index contributed by atoms with van der Waals surface area (Å²) in [7, 11) is 0. The molecule has 1 rings (SSSR count). The number of halogens is 3. The first-order valence-corrected chi connectivity index (χ1v) is 6.07. The van der Waals surface area contributed by atoms with Crippen LogP contribution in [0.15, 0.2) is 24.3 Å². The highest BCUT2D eigenvalue weighted by molar-refractivity contribution is 6.04. The molecule has 0 aromatic heterocycles. The number of nitriles is 1. The summed E-state index contributed by atoms with van der Waals surface area (Å²) in [6, 6.07) is 6.15. The van der Waals surface area contributed by atoms with Gasteiger partial charge in [-0.25, -0.2) is 0 Å². The molecule has 10 heteroatoms. The van der Waals surface area contributed by atoms with Crippen molar-refractivity contribution in [2.75, 3.05) is 6.61 Å². The zero-order chi connectivity index (χ0) is 17.6. The molecule has 0 saturated heterocycles. The standard InChI is InChI=1S/C13H9F3N2O5/c14-13(15,16)11(19)10(7-17)12(20)23-6-5-8-1-3-9(4-2-8)18(21)22/h1-4,10H,5-6H2. The molecule has 1 unspecified atom stereocenters. The fourth-order valence-electron chi connectivity index (χ4n) is 1.52. The molecular formula is C13H9F3N2O5. The quantitative estimate of drug-likeness (QED) is 0.341. The Morgan fingerprint density at radius 1 is 1.30 bits per heavy atom. The number of carbonyl (C=O) groups excluding carboxylic acids is 2. The SMILES string of the molecule is N#CC(C(=O)OCCc1ccc([N+](=O)[O-])cc1)C(=O)C(F)(F)F. The summed E-state index contributed by atoms with van der Waals surface area (Å²) in [5.74, 6) is -6.64. The molecule has 1 aromatic rings. The molecule has 0 fully saturated rings. The molecule has 0 heterocycles. The van der Waals surface area contributed by atoms with Gasteiger partial charge >= 0.3 is 12.1 Å². The van der Waals surface area contributed by atoms with E-state index in [9.17, 15) is 32.9 Å². The zero-order valence-corrected chi connectivity index (χ0v) is 11.4. The summed E-state index contributed by atoms with van der Waals surface area (Å²) in [5, 5.41) is 18.9. The van der Waals surface area contributed by atoms with Gasteiger partial charge < -0.3 is 4.74 Å². The minimum Gasteiger partial charge on any atom is -0.464 e. The molecule has 0 amide bonds. The van der Waals surface area contributed by atoms with Crippen molar-refractivity contribution in [1.29, 1.82) is 5.26 Å². The number of nitro benzene ring substituents is 1. The first-order valence-electron chi connectivity index (χ1n) is 6.07. The number of rotatable bonds is 6. The molecule has 122 valence electrons. The van der Waals surface area contributed by atoms with Gasteiger partial charge in [0.2, 0.25) is 5.92 Å². The van der Waals surface area contributed by atoms with Crippen LogP contribution in [0.25, 0.3) is 0 Å². The number of benzene rings is 1. The van der Waals surface area contributed by atoms with Gasteiger partial charge in [-0.15, -0.1) is 0 Å². The predicted octanol–water partition coefficient (Wildman–Crippen LogP) is 1.95. The van der Waals surface area contributed by atoms with E-state index in [0.29, 0.717) is 5.56 Å². The Kier molecular flexibility index (Phi) is 5.78. The van der Waals surface area contributed by atoms with Crippen molar-refractivity contribution in [3.63, 3.8) is 0 Å². The van der Waals surface area contributed by atoms with E-state index in [-0.39, 0.29) is 18.7 Å². The van der Waals surface area contributed by atoms with Crippen molar-refractivity contribution in [1.82, 2.24) is 0 Å². The van der Waals surface area contributed by atoms with Crippen molar-refractivity contribution in [2.24, 2.45) is 5.92 Å². The van der Waals surface area contributed by atoms with Crippen molar-refractivity contribution in [3.05, 3.63) is 39.9 Å².